The van der Waals surface area contributed by atoms with Gasteiger partial charge in [0.05, 0.1) is 17.3 Å². The van der Waals surface area contributed by atoms with E-state index in [1.807, 2.05) is 7.05 Å². The topological polar surface area (TPSA) is 96.9 Å². The molecule has 0 fully saturated rings. The van der Waals surface area contributed by atoms with Crippen LogP contribution in [-0.4, -0.2) is 37.2 Å². The lowest BCUT2D eigenvalue weighted by Gasteiger charge is -2.07. The molecule has 2 aromatic rings. The number of hydrogen-bond acceptors (Lipinski definition) is 6. The predicted octanol–water partition coefficient (Wildman–Crippen LogP) is 0.434. The summed E-state index contributed by atoms with van der Waals surface area (Å²) < 4.78 is 26.5. The molecule has 0 atom stereocenters. The Hall–Kier alpha value is -2.06. The average Bonchev–Trinajstić information content (AvgIpc) is 2.46. The molecule has 2 N–H and O–H groups in total. The van der Waals surface area contributed by atoms with E-state index in [0.29, 0.717) is 0 Å². The molecule has 8 heteroatoms. The number of sulfonamides is 1. The molecule has 0 aliphatic heterocycles. The highest BCUT2D eigenvalue weighted by Gasteiger charge is 2.15. The molecular formula is C12H15N5O2S. The first-order valence-corrected chi connectivity index (χ1v) is 7.50. The summed E-state index contributed by atoms with van der Waals surface area (Å²) >= 11 is 0. The molecule has 0 spiro atoms. The van der Waals surface area contributed by atoms with Crippen LogP contribution in [0, 0.1) is 0 Å². The molecule has 0 saturated carbocycles. The third-order valence-electron chi connectivity index (χ3n) is 2.61. The molecule has 1 aromatic heterocycles. The zero-order valence-corrected chi connectivity index (χ0v) is 11.8. The first kappa shape index (κ1) is 14.4. The Morgan fingerprint density at radius 1 is 1.15 bits per heavy atom. The maximum absolute atomic E-state index is 12.1. The Morgan fingerprint density at radius 2 is 1.90 bits per heavy atom. The van der Waals surface area contributed by atoms with Gasteiger partial charge in [-0.05, 0) is 37.7 Å². The molecule has 2 rings (SSSR count). The van der Waals surface area contributed by atoms with Crippen LogP contribution in [-0.2, 0) is 16.4 Å². The zero-order chi connectivity index (χ0) is 14.4. The van der Waals surface area contributed by atoms with Crippen LogP contribution in [0.3, 0.4) is 0 Å². The van der Waals surface area contributed by atoms with Gasteiger partial charge in [-0.2, -0.15) is 5.10 Å². The molecule has 0 amide bonds. The summed E-state index contributed by atoms with van der Waals surface area (Å²) in [7, 11) is -1.81. The van der Waals surface area contributed by atoms with Gasteiger partial charge >= 0.3 is 0 Å². The Bertz CT molecular complexity index is 643. The monoisotopic (exact) mass is 293 g/mol. The van der Waals surface area contributed by atoms with Gasteiger partial charge in [0, 0.05) is 0 Å². The first-order valence-electron chi connectivity index (χ1n) is 6.02. The largest absolute Gasteiger partial charge is 0.319 e. The van der Waals surface area contributed by atoms with Gasteiger partial charge in [0.15, 0.2) is 0 Å². The van der Waals surface area contributed by atoms with E-state index >= 15 is 0 Å². The van der Waals surface area contributed by atoms with Gasteiger partial charge < -0.3 is 5.32 Å². The first-order chi connectivity index (χ1) is 9.62. The maximum Gasteiger partial charge on any atom is 0.264 e. The van der Waals surface area contributed by atoms with Crippen LogP contribution in [0.15, 0.2) is 41.6 Å². The van der Waals surface area contributed by atoms with E-state index in [0.717, 1.165) is 18.5 Å². The van der Waals surface area contributed by atoms with Gasteiger partial charge in [0.2, 0.25) is 0 Å². The van der Waals surface area contributed by atoms with Crippen molar-refractivity contribution in [2.24, 2.45) is 0 Å². The SMILES string of the molecule is CNCCc1ccc(S(=O)(=O)Nc2nccnn2)cc1. The Balaban J connectivity index is 2.13. The quantitative estimate of drug-likeness (QED) is 0.802. The summed E-state index contributed by atoms with van der Waals surface area (Å²) in [6.45, 7) is 0.841. The van der Waals surface area contributed by atoms with Crippen LogP contribution in [0.25, 0.3) is 0 Å². The molecule has 0 radical (unpaired) electrons. The van der Waals surface area contributed by atoms with Crippen LogP contribution in [0.5, 0.6) is 0 Å². The van der Waals surface area contributed by atoms with Crippen molar-refractivity contribution in [2.45, 2.75) is 11.3 Å². The summed E-state index contributed by atoms with van der Waals surface area (Å²) in [6, 6.07) is 6.69. The third kappa shape index (κ3) is 3.72. The fourth-order valence-corrected chi connectivity index (χ4v) is 2.52. The molecule has 1 aromatic carbocycles. The fourth-order valence-electron chi connectivity index (χ4n) is 1.58. The van der Waals surface area contributed by atoms with E-state index in [4.69, 9.17) is 0 Å². The second-order valence-electron chi connectivity index (χ2n) is 4.07. The molecular weight excluding hydrogens is 278 g/mol. The molecule has 0 aliphatic carbocycles. The lowest BCUT2D eigenvalue weighted by molar-refractivity contribution is 0.600. The van der Waals surface area contributed by atoms with Gasteiger partial charge in [-0.25, -0.2) is 18.1 Å². The van der Waals surface area contributed by atoms with E-state index in [-0.39, 0.29) is 10.8 Å². The number of hydrogen-bond donors (Lipinski definition) is 2. The number of likely N-dealkylation sites (N-methyl/N-ethyl adjacent to an activating group) is 1. The highest BCUT2D eigenvalue weighted by Crippen LogP contribution is 2.13. The van der Waals surface area contributed by atoms with Crippen molar-refractivity contribution in [1.29, 1.82) is 0 Å². The molecule has 0 unspecified atom stereocenters. The normalized spacial score (nSPS) is 11.2. The second-order valence-corrected chi connectivity index (χ2v) is 5.75. The number of aromatic nitrogens is 3. The number of rotatable bonds is 6. The van der Waals surface area contributed by atoms with E-state index in [2.05, 4.69) is 25.2 Å². The fraction of sp³-hybridized carbons (Fsp3) is 0.250. The Morgan fingerprint density at radius 3 is 2.50 bits per heavy atom. The standard InChI is InChI=1S/C12H15N5O2S/c1-13-7-6-10-2-4-11(5-3-10)20(18,19)17-12-14-8-9-15-16-12/h2-5,8-9,13H,6-7H2,1H3,(H,14,16,17). The second kappa shape index (κ2) is 6.40. The van der Waals surface area contributed by atoms with Crippen molar-refractivity contribution in [2.75, 3.05) is 18.3 Å². The number of anilines is 1. The smallest absolute Gasteiger partial charge is 0.264 e. The third-order valence-corrected chi connectivity index (χ3v) is 3.95. The Kier molecular flexibility index (Phi) is 4.59. The van der Waals surface area contributed by atoms with Crippen LogP contribution in [0.2, 0.25) is 0 Å². The highest BCUT2D eigenvalue weighted by molar-refractivity contribution is 7.92. The lowest BCUT2D eigenvalue weighted by atomic mass is 10.1. The molecule has 0 aliphatic rings. The minimum atomic E-state index is -3.68. The maximum atomic E-state index is 12.1. The van der Waals surface area contributed by atoms with E-state index in [9.17, 15) is 8.42 Å². The molecule has 0 saturated heterocycles. The van der Waals surface area contributed by atoms with Crippen LogP contribution >= 0.6 is 0 Å². The molecule has 7 nitrogen and oxygen atoms in total. The van der Waals surface area contributed by atoms with Crippen molar-refractivity contribution in [1.82, 2.24) is 20.5 Å². The van der Waals surface area contributed by atoms with E-state index in [1.54, 1.807) is 24.3 Å². The van der Waals surface area contributed by atoms with Gasteiger partial charge in [-0.1, -0.05) is 12.1 Å². The number of nitrogens with zero attached hydrogens (tertiary/aromatic N) is 3. The van der Waals surface area contributed by atoms with Gasteiger partial charge in [0.25, 0.3) is 16.0 Å². The van der Waals surface area contributed by atoms with Crippen LogP contribution in [0.1, 0.15) is 5.56 Å². The van der Waals surface area contributed by atoms with Gasteiger partial charge in [0.1, 0.15) is 0 Å². The average molecular weight is 293 g/mol. The summed E-state index contributed by atoms with van der Waals surface area (Å²) in [6.07, 6.45) is 3.58. The molecule has 0 bridgehead atoms. The molecule has 1 heterocycles. The van der Waals surface area contributed by atoms with Crippen molar-refractivity contribution < 1.29 is 8.42 Å². The van der Waals surface area contributed by atoms with Gasteiger partial charge in [-0.3, -0.25) is 0 Å². The summed E-state index contributed by atoms with van der Waals surface area (Å²) in [4.78, 5) is 3.94. The minimum absolute atomic E-state index is 0.0493. The van der Waals surface area contributed by atoms with Crippen molar-refractivity contribution in [3.63, 3.8) is 0 Å². The molecule has 20 heavy (non-hydrogen) atoms. The highest BCUT2D eigenvalue weighted by atomic mass is 32.2. The lowest BCUT2D eigenvalue weighted by Crippen LogP contribution is -2.15. The van der Waals surface area contributed by atoms with Crippen molar-refractivity contribution in [3.05, 3.63) is 42.2 Å². The minimum Gasteiger partial charge on any atom is -0.319 e. The summed E-state index contributed by atoms with van der Waals surface area (Å²) in [5.74, 6) is -0.0493. The van der Waals surface area contributed by atoms with Crippen LogP contribution < -0.4 is 10.0 Å². The van der Waals surface area contributed by atoms with E-state index < -0.39 is 10.0 Å². The van der Waals surface area contributed by atoms with Gasteiger partial charge in [-0.15, -0.1) is 5.10 Å². The van der Waals surface area contributed by atoms with Crippen molar-refractivity contribution in [3.8, 4) is 0 Å². The van der Waals surface area contributed by atoms with Crippen LogP contribution in [0.4, 0.5) is 5.95 Å². The number of benzene rings is 1. The zero-order valence-electron chi connectivity index (χ0n) is 10.9. The number of nitrogens with one attached hydrogen (secondary N) is 2. The summed E-state index contributed by atoms with van der Waals surface area (Å²) in [5.41, 5.74) is 1.07. The molecule has 106 valence electrons. The Labute approximate surface area is 117 Å². The van der Waals surface area contributed by atoms with Crippen molar-refractivity contribution >= 4 is 16.0 Å². The van der Waals surface area contributed by atoms with E-state index in [1.165, 1.54) is 12.4 Å². The predicted molar refractivity (Wildman–Crippen MR) is 74.7 cm³/mol. The summed E-state index contributed by atoms with van der Waals surface area (Å²) in [5, 5.41) is 10.2.